The van der Waals surface area contributed by atoms with Gasteiger partial charge in [-0.3, -0.25) is 13.7 Å². The summed E-state index contributed by atoms with van der Waals surface area (Å²) in [5.74, 6) is 0.671. The molecule has 0 bridgehead atoms. The van der Waals surface area contributed by atoms with Crippen LogP contribution in [0.2, 0.25) is 0 Å². The van der Waals surface area contributed by atoms with Crippen molar-refractivity contribution >= 4 is 61.8 Å². The first-order valence-electron chi connectivity index (χ1n) is 18.1. The third-order valence-electron chi connectivity index (χ3n) is 8.36. The molecule has 0 aliphatic carbocycles. The van der Waals surface area contributed by atoms with Gasteiger partial charge in [0.1, 0.15) is 24.2 Å². The highest BCUT2D eigenvalue weighted by Crippen LogP contribution is 2.49. The van der Waals surface area contributed by atoms with E-state index in [1.54, 1.807) is 14.2 Å². The fourth-order valence-electron chi connectivity index (χ4n) is 5.42. The number of benzene rings is 2. The first kappa shape index (κ1) is 54.1. The molecule has 4 aromatic heterocycles. The van der Waals surface area contributed by atoms with Crippen LogP contribution in [0.25, 0.3) is 22.3 Å². The van der Waals surface area contributed by atoms with Gasteiger partial charge in [0.15, 0.2) is 22.9 Å². The summed E-state index contributed by atoms with van der Waals surface area (Å²) < 4.78 is 54.6. The molecule has 0 fully saturated rings. The normalized spacial score (nSPS) is 11.0. The molecule has 22 nitrogen and oxygen atoms in total. The zero-order valence-corrected chi connectivity index (χ0v) is 36.9. The number of hydrogen-bond donors (Lipinski definition) is 5. The lowest BCUT2D eigenvalue weighted by Gasteiger charge is -2.14. The fraction of sp³-hybridized carbons (Fsp3) is 0.421. The van der Waals surface area contributed by atoms with Crippen molar-refractivity contribution in [3.63, 3.8) is 0 Å². The number of rotatable bonds is 19. The van der Waals surface area contributed by atoms with Crippen molar-refractivity contribution in [1.82, 2.24) is 39.0 Å². The van der Waals surface area contributed by atoms with E-state index in [-0.39, 0.29) is 75.8 Å². The molecule has 0 aliphatic heterocycles. The summed E-state index contributed by atoms with van der Waals surface area (Å²) in [5.41, 5.74) is 16.1. The molecule has 25 heteroatoms. The Kier molecular flexibility index (Phi) is 22.9. The minimum absolute atomic E-state index is 0. The van der Waals surface area contributed by atoms with Gasteiger partial charge in [-0.2, -0.15) is 19.9 Å². The van der Waals surface area contributed by atoms with Crippen LogP contribution in [0.1, 0.15) is 37.1 Å². The molecule has 63 heavy (non-hydrogen) atoms. The number of aromatic amines is 2. The highest BCUT2D eigenvalue weighted by Gasteiger charge is 2.22. The maximum Gasteiger partial charge on any atom is 0.334 e. The smallest absolute Gasteiger partial charge is 0.334 e. The predicted molar refractivity (Wildman–Crippen MR) is 242 cm³/mol. The van der Waals surface area contributed by atoms with Gasteiger partial charge in [0.2, 0.25) is 0 Å². The molecule has 348 valence electrons. The van der Waals surface area contributed by atoms with E-state index in [1.807, 2.05) is 48.5 Å². The van der Waals surface area contributed by atoms with E-state index in [4.69, 9.17) is 56.0 Å². The van der Waals surface area contributed by atoms with Crippen LogP contribution in [0.15, 0.2) is 58.1 Å². The number of nitrogen functional groups attached to an aromatic ring is 2. The van der Waals surface area contributed by atoms with E-state index in [9.17, 15) is 14.2 Å². The Morgan fingerprint density at radius 1 is 0.683 bits per heavy atom. The van der Waals surface area contributed by atoms with E-state index in [0.29, 0.717) is 48.0 Å². The molecule has 7 N–H and O–H groups in total. The van der Waals surface area contributed by atoms with Crippen LogP contribution in [-0.2, 0) is 57.3 Å². The van der Waals surface area contributed by atoms with Crippen molar-refractivity contribution in [1.29, 1.82) is 0 Å². The molecule has 0 amide bonds. The van der Waals surface area contributed by atoms with E-state index in [1.165, 1.54) is 37.6 Å². The molecule has 0 saturated carbocycles. The van der Waals surface area contributed by atoms with Crippen molar-refractivity contribution in [3.05, 3.63) is 91.8 Å². The average molecular weight is 943 g/mol. The Bertz CT molecular complexity index is 2490. The number of nitrogens with two attached hydrogens (primary N) is 2. The van der Waals surface area contributed by atoms with Gasteiger partial charge in [-0.1, -0.05) is 63.4 Å². The summed E-state index contributed by atoms with van der Waals surface area (Å²) >= 11 is 5.87. The lowest BCUT2D eigenvalue weighted by atomic mass is 10.1. The molecular formula is C38H57ClN10O12P2. The second-order valence-electron chi connectivity index (χ2n) is 12.4. The van der Waals surface area contributed by atoms with Gasteiger partial charge in [-0.05, 0) is 22.3 Å². The first-order chi connectivity index (χ1) is 29.3. The van der Waals surface area contributed by atoms with Gasteiger partial charge in [-0.15, -0.1) is 11.6 Å². The van der Waals surface area contributed by atoms with Gasteiger partial charge < -0.3 is 63.4 Å². The highest BCUT2D eigenvalue weighted by atomic mass is 35.5. The largest absolute Gasteiger partial charge is 0.461 e. The van der Waals surface area contributed by atoms with E-state index < -0.39 is 16.2 Å². The number of anilines is 2. The number of fused-ring (bicyclic) bond motifs is 2. The Balaban J connectivity index is 0.000000377. The van der Waals surface area contributed by atoms with Crippen molar-refractivity contribution in [3.8, 4) is 12.0 Å². The van der Waals surface area contributed by atoms with Crippen molar-refractivity contribution < 1.29 is 46.5 Å². The number of imidazole rings is 2. The molecule has 0 aliphatic rings. The topological polar surface area (TPSA) is 290 Å². The van der Waals surface area contributed by atoms with E-state index in [2.05, 4.69) is 39.0 Å². The van der Waals surface area contributed by atoms with Crippen LogP contribution in [0.5, 0.6) is 12.0 Å². The minimum atomic E-state index is -3.21. The zero-order valence-electron chi connectivity index (χ0n) is 34.3. The van der Waals surface area contributed by atoms with Crippen molar-refractivity contribution in [2.45, 2.75) is 40.0 Å². The summed E-state index contributed by atoms with van der Waals surface area (Å²) in [6.07, 6.45) is 0.114. The summed E-state index contributed by atoms with van der Waals surface area (Å²) in [7, 11) is 3.79. The second kappa shape index (κ2) is 26.6. The molecule has 2 aromatic carbocycles. The predicted octanol–water partition coefficient (Wildman–Crippen LogP) is 5.05. The third kappa shape index (κ3) is 15.4. The number of H-pyrrole nitrogens is 2. The Morgan fingerprint density at radius 2 is 1.10 bits per heavy atom. The summed E-state index contributed by atoms with van der Waals surface area (Å²) in [4.78, 5) is 55.2. The lowest BCUT2D eigenvalue weighted by molar-refractivity contribution is 0.141. The number of hydrogen-bond acceptors (Lipinski definition) is 18. The van der Waals surface area contributed by atoms with E-state index in [0.717, 1.165) is 22.3 Å². The maximum atomic E-state index is 12.5. The minimum Gasteiger partial charge on any atom is -0.461 e. The van der Waals surface area contributed by atoms with Crippen LogP contribution >= 0.6 is 27.8 Å². The molecule has 0 radical (unpaired) electrons. The quantitative estimate of drug-likeness (QED) is 0.0403. The maximum absolute atomic E-state index is 12.5. The van der Waals surface area contributed by atoms with Gasteiger partial charge in [0.05, 0.1) is 32.5 Å². The van der Waals surface area contributed by atoms with E-state index >= 15 is 0 Å². The third-order valence-corrected chi connectivity index (χ3v) is 11.2. The molecule has 6 aromatic rings. The van der Waals surface area contributed by atoms with Crippen LogP contribution in [-0.4, -0.2) is 113 Å². The molecule has 0 saturated heterocycles. The Hall–Kier alpha value is -4.99. The number of methoxy groups -OCH3 is 2. The Morgan fingerprint density at radius 3 is 1.48 bits per heavy atom. The number of aromatic nitrogens is 8. The van der Waals surface area contributed by atoms with Gasteiger partial charge in [-0.25, -0.2) is 9.59 Å². The van der Waals surface area contributed by atoms with Crippen molar-refractivity contribution in [2.24, 2.45) is 0 Å². The van der Waals surface area contributed by atoms with Crippen LogP contribution < -0.4 is 32.3 Å². The number of halogens is 1. The van der Waals surface area contributed by atoms with Gasteiger partial charge >= 0.3 is 39.6 Å². The summed E-state index contributed by atoms with van der Waals surface area (Å²) in [6.45, 7) is 1.83. The van der Waals surface area contributed by atoms with Gasteiger partial charge in [0, 0.05) is 48.5 Å². The molecule has 0 atom stereocenters. The first-order valence-corrected chi connectivity index (χ1v) is 21.5. The van der Waals surface area contributed by atoms with Gasteiger partial charge in [0.25, 0.3) is 0 Å². The molecule has 0 spiro atoms. The lowest BCUT2D eigenvalue weighted by Crippen LogP contribution is -2.18. The SMILES string of the molecule is C.C.COCCOc1nc(N)c2[nH]c(=O)n(Cc3cccc(CCl)c3)c2n1.COCCOc1nc(N)c2[nH]c(=O)n(Cc3cccc(CP(=O)(OC)OC)c3)c2n1.COP(O)OC. The summed E-state index contributed by atoms with van der Waals surface area (Å²) in [6, 6.07) is 15.1. The number of ether oxygens (including phenoxy) is 4. The average Bonchev–Trinajstić information content (AvgIpc) is 3.75. The standard InChI is InChI=1S/C18H24N5O6P.C16H18ClN5O3.C2H7O3P.2CH4/c1-26-7-8-29-17-21-15(19)14-16(22-17)23(18(24)20-14)10-12-5-4-6-13(9-12)11-30(25,27-2)28-3;1-24-5-6-25-15-20-13(18)12-14(21-15)22(16(23)19-12)9-11-4-2-3-10(7-11)8-17;1-4-6(3)5-2;;/h4-6,9H,7-8,10-11H2,1-3H3,(H,20,24)(H2,19,21,22);2-4,7H,5-6,8-9H2,1H3,(H,19,23)(H2,18,20,21);3H,1-2H3;2*1H4. The number of alkyl halides is 1. The van der Waals surface area contributed by atoms with Crippen LogP contribution in [0, 0.1) is 0 Å². The van der Waals surface area contributed by atoms with Crippen LogP contribution in [0.4, 0.5) is 11.6 Å². The highest BCUT2D eigenvalue weighted by molar-refractivity contribution is 7.52. The number of nitrogens with zero attached hydrogens (tertiary/aromatic N) is 6. The molecule has 6 rings (SSSR count). The number of nitrogens with one attached hydrogen (secondary N) is 2. The van der Waals surface area contributed by atoms with Crippen LogP contribution in [0.3, 0.4) is 0 Å². The fourth-order valence-corrected chi connectivity index (χ4v) is 6.79. The monoisotopic (exact) mass is 942 g/mol. The Labute approximate surface area is 370 Å². The van der Waals surface area contributed by atoms with Crippen molar-refractivity contribution in [2.75, 3.05) is 80.6 Å². The molecular weight excluding hydrogens is 886 g/mol. The second-order valence-corrected chi connectivity index (χ2v) is 16.1. The summed E-state index contributed by atoms with van der Waals surface area (Å²) in [5, 5.41) is 0. The molecule has 0 unspecified atom stereocenters. The zero-order chi connectivity index (χ0) is 44.5. The molecule has 4 heterocycles.